The molecule has 0 bridgehead atoms. The lowest BCUT2D eigenvalue weighted by atomic mass is 9.94. The summed E-state index contributed by atoms with van der Waals surface area (Å²) in [4.78, 5) is 27.7. The molecule has 2 N–H and O–H groups in total. The number of para-hydroxylation sites is 1. The second kappa shape index (κ2) is 9.70. The quantitative estimate of drug-likeness (QED) is 0.237. The average Bonchev–Trinajstić information content (AvgIpc) is 3.11. The number of benzene rings is 3. The first-order valence-electron chi connectivity index (χ1n) is 10.2. The molecule has 3 aromatic carbocycles. The van der Waals surface area contributed by atoms with Gasteiger partial charge in [-0.3, -0.25) is 14.5 Å². The van der Waals surface area contributed by atoms with E-state index >= 15 is 0 Å². The van der Waals surface area contributed by atoms with Gasteiger partial charge in [-0.15, -0.1) is 0 Å². The number of phenolic OH excluding ortho intramolecular Hbond substituents is 1. The highest BCUT2D eigenvalue weighted by Crippen LogP contribution is 2.46. The molecule has 1 atom stereocenters. The molecule has 10 heteroatoms. The lowest BCUT2D eigenvalue weighted by Gasteiger charge is -2.26. The molecule has 35 heavy (non-hydrogen) atoms. The van der Waals surface area contributed by atoms with Crippen molar-refractivity contribution in [1.82, 2.24) is 0 Å². The van der Waals surface area contributed by atoms with E-state index in [1.807, 2.05) is 0 Å². The number of ether oxygens (including phenoxy) is 2. The molecule has 7 nitrogen and oxygen atoms in total. The van der Waals surface area contributed by atoms with Crippen LogP contribution in [0.2, 0.25) is 15.1 Å². The number of nitrogens with zero attached hydrogens (tertiary/aromatic N) is 1. The Morgan fingerprint density at radius 2 is 1.54 bits per heavy atom. The van der Waals surface area contributed by atoms with E-state index in [1.54, 1.807) is 30.3 Å². The molecule has 1 aliphatic heterocycles. The van der Waals surface area contributed by atoms with E-state index in [1.165, 1.54) is 43.4 Å². The molecule has 180 valence electrons. The Bertz CT molecular complexity index is 1350. The molecule has 3 aromatic rings. The zero-order chi connectivity index (χ0) is 25.4. The van der Waals surface area contributed by atoms with Crippen molar-refractivity contribution in [1.29, 1.82) is 0 Å². The van der Waals surface area contributed by atoms with Gasteiger partial charge in [-0.05, 0) is 42.0 Å². The Hall–Kier alpha value is -3.39. The Morgan fingerprint density at radius 3 is 2.11 bits per heavy atom. The maximum Gasteiger partial charge on any atom is 0.300 e. The van der Waals surface area contributed by atoms with Gasteiger partial charge in [-0.2, -0.15) is 0 Å². The number of aliphatic hydroxyl groups is 1. The number of aromatic hydroxyl groups is 1. The minimum Gasteiger partial charge on any atom is -0.507 e. The number of amides is 1. The van der Waals surface area contributed by atoms with Crippen molar-refractivity contribution in [3.05, 3.63) is 86.4 Å². The molecule has 0 spiro atoms. The number of anilines is 1. The van der Waals surface area contributed by atoms with Gasteiger partial charge < -0.3 is 19.7 Å². The Morgan fingerprint density at radius 1 is 0.914 bits per heavy atom. The number of methoxy groups -OCH3 is 2. The van der Waals surface area contributed by atoms with Crippen LogP contribution < -0.4 is 14.4 Å². The number of carbonyl (C=O) groups is 2. The molecular formula is C25H18Cl3NO6. The van der Waals surface area contributed by atoms with Crippen LogP contribution in [0.5, 0.6) is 17.2 Å². The number of ketones is 1. The molecule has 1 saturated heterocycles. The third kappa shape index (κ3) is 4.27. The summed E-state index contributed by atoms with van der Waals surface area (Å²) in [7, 11) is 2.73. The van der Waals surface area contributed by atoms with Crippen LogP contribution in [0.4, 0.5) is 5.69 Å². The molecule has 1 amide bonds. The van der Waals surface area contributed by atoms with Crippen molar-refractivity contribution in [2.24, 2.45) is 0 Å². The molecule has 1 heterocycles. The molecule has 1 fully saturated rings. The lowest BCUT2D eigenvalue weighted by molar-refractivity contribution is -0.132. The summed E-state index contributed by atoms with van der Waals surface area (Å²) in [6, 6.07) is 13.0. The topological polar surface area (TPSA) is 96.3 Å². The van der Waals surface area contributed by atoms with Crippen molar-refractivity contribution in [2.45, 2.75) is 6.04 Å². The van der Waals surface area contributed by atoms with Crippen molar-refractivity contribution in [2.75, 3.05) is 19.1 Å². The fraction of sp³-hybridized carbons (Fsp3) is 0.120. The van der Waals surface area contributed by atoms with E-state index in [0.717, 1.165) is 0 Å². The van der Waals surface area contributed by atoms with Gasteiger partial charge in [-0.1, -0.05) is 53.0 Å². The number of aliphatic hydroxyl groups excluding tert-OH is 1. The first-order chi connectivity index (χ1) is 16.7. The summed E-state index contributed by atoms with van der Waals surface area (Å²) >= 11 is 18.7. The van der Waals surface area contributed by atoms with Gasteiger partial charge >= 0.3 is 0 Å². The first kappa shape index (κ1) is 24.7. The van der Waals surface area contributed by atoms with E-state index < -0.39 is 23.5 Å². The highest BCUT2D eigenvalue weighted by atomic mass is 35.5. The second-order valence-corrected chi connectivity index (χ2v) is 8.75. The van der Waals surface area contributed by atoms with Gasteiger partial charge in [0.1, 0.15) is 5.76 Å². The second-order valence-electron chi connectivity index (χ2n) is 7.53. The number of carbonyl (C=O) groups excluding carboxylic acids is 2. The van der Waals surface area contributed by atoms with Crippen molar-refractivity contribution >= 4 is 57.9 Å². The van der Waals surface area contributed by atoms with Crippen LogP contribution in [-0.2, 0) is 9.59 Å². The number of hydrogen-bond acceptors (Lipinski definition) is 6. The van der Waals surface area contributed by atoms with Gasteiger partial charge in [-0.25, -0.2) is 0 Å². The normalized spacial score (nSPS) is 17.1. The van der Waals surface area contributed by atoms with Gasteiger partial charge in [0.25, 0.3) is 11.7 Å². The summed E-state index contributed by atoms with van der Waals surface area (Å²) < 4.78 is 10.4. The Balaban J connectivity index is 2.01. The summed E-state index contributed by atoms with van der Waals surface area (Å²) in [5.41, 5.74) is 0.612. The molecule has 0 saturated carbocycles. The number of halogens is 3. The molecular weight excluding hydrogens is 517 g/mol. The molecule has 1 aliphatic rings. The fourth-order valence-corrected chi connectivity index (χ4v) is 4.82. The van der Waals surface area contributed by atoms with Crippen molar-refractivity contribution in [3.63, 3.8) is 0 Å². The third-order valence-corrected chi connectivity index (χ3v) is 6.39. The van der Waals surface area contributed by atoms with E-state index in [0.29, 0.717) is 11.3 Å². The summed E-state index contributed by atoms with van der Waals surface area (Å²) in [5, 5.41) is 21.6. The van der Waals surface area contributed by atoms with Crippen molar-refractivity contribution < 1.29 is 29.3 Å². The molecule has 0 aromatic heterocycles. The summed E-state index contributed by atoms with van der Waals surface area (Å²) in [6.07, 6.45) is 0. The fourth-order valence-electron chi connectivity index (χ4n) is 3.96. The standard InChI is InChI=1S/C25H18Cl3NO6/c1-34-18-11-12(8-15(26)22(18)31)20-19(21(30)13-9-16(27)24(35-2)17(28)10-13)23(32)25(33)29(20)14-6-4-3-5-7-14/h3-11,20,30-31H,1-2H3/b21-19+. The monoisotopic (exact) mass is 533 g/mol. The smallest absolute Gasteiger partial charge is 0.300 e. The van der Waals surface area contributed by atoms with E-state index in [9.17, 15) is 19.8 Å². The van der Waals surface area contributed by atoms with E-state index in [4.69, 9.17) is 44.3 Å². The predicted octanol–water partition coefficient (Wildman–Crippen LogP) is 6.00. The Kier molecular flexibility index (Phi) is 6.85. The SMILES string of the molecule is COc1cc(C2/C(=C(\O)c3cc(Cl)c(OC)c(Cl)c3)C(=O)C(=O)N2c2ccccc2)cc(Cl)c1O. The van der Waals surface area contributed by atoms with Crippen LogP contribution in [0.25, 0.3) is 5.76 Å². The highest BCUT2D eigenvalue weighted by Gasteiger charge is 2.47. The summed E-state index contributed by atoms with van der Waals surface area (Å²) in [5.74, 6) is -2.37. The lowest BCUT2D eigenvalue weighted by Crippen LogP contribution is -2.29. The zero-order valence-electron chi connectivity index (χ0n) is 18.4. The first-order valence-corrected chi connectivity index (χ1v) is 11.3. The van der Waals surface area contributed by atoms with Crippen LogP contribution in [0.3, 0.4) is 0 Å². The predicted molar refractivity (Wildman–Crippen MR) is 134 cm³/mol. The van der Waals surface area contributed by atoms with Crippen LogP contribution in [0, 0.1) is 0 Å². The number of phenols is 1. The van der Waals surface area contributed by atoms with E-state index in [2.05, 4.69) is 0 Å². The van der Waals surface area contributed by atoms with Gasteiger partial charge in [0.05, 0.1) is 40.9 Å². The third-order valence-electron chi connectivity index (χ3n) is 5.54. The minimum absolute atomic E-state index is 0.0293. The molecule has 0 aliphatic carbocycles. The van der Waals surface area contributed by atoms with Gasteiger partial charge in [0.2, 0.25) is 0 Å². The molecule has 0 radical (unpaired) electrons. The largest absolute Gasteiger partial charge is 0.507 e. The van der Waals surface area contributed by atoms with Gasteiger partial charge in [0.15, 0.2) is 17.2 Å². The Labute approximate surface area is 215 Å². The van der Waals surface area contributed by atoms with Crippen molar-refractivity contribution in [3.8, 4) is 17.2 Å². The van der Waals surface area contributed by atoms with Gasteiger partial charge in [0, 0.05) is 11.3 Å². The number of hydrogen-bond donors (Lipinski definition) is 2. The minimum atomic E-state index is -1.11. The highest BCUT2D eigenvalue weighted by molar-refractivity contribution is 6.52. The number of Topliss-reactive ketones (excluding diaryl/α,β-unsaturated/α-hetero) is 1. The van der Waals surface area contributed by atoms with Crippen LogP contribution in [0.1, 0.15) is 17.2 Å². The maximum absolute atomic E-state index is 13.3. The molecule has 4 rings (SSSR count). The number of rotatable bonds is 5. The maximum atomic E-state index is 13.3. The average molecular weight is 535 g/mol. The van der Waals surface area contributed by atoms with E-state index in [-0.39, 0.29) is 43.5 Å². The van der Waals surface area contributed by atoms with Crippen LogP contribution in [-0.4, -0.2) is 36.1 Å². The van der Waals surface area contributed by atoms with Crippen LogP contribution >= 0.6 is 34.8 Å². The summed E-state index contributed by atoms with van der Waals surface area (Å²) in [6.45, 7) is 0. The zero-order valence-corrected chi connectivity index (χ0v) is 20.6. The molecule has 1 unspecified atom stereocenters. The van der Waals surface area contributed by atoms with Crippen LogP contribution in [0.15, 0.2) is 60.2 Å².